The fourth-order valence-electron chi connectivity index (χ4n) is 2.89. The van der Waals surface area contributed by atoms with Gasteiger partial charge in [-0.1, -0.05) is 6.07 Å². The van der Waals surface area contributed by atoms with Crippen LogP contribution in [0.1, 0.15) is 31.7 Å². The molecule has 1 fully saturated rings. The second kappa shape index (κ2) is 4.53. The smallest absolute Gasteiger partial charge is 0.110 e. The van der Waals surface area contributed by atoms with Crippen molar-refractivity contribution in [2.75, 3.05) is 0 Å². The minimum Gasteiger partial charge on any atom is -0.344 e. The Kier molecular flexibility index (Phi) is 2.88. The lowest BCUT2D eigenvalue weighted by molar-refractivity contribution is 0.330. The Labute approximate surface area is 106 Å². The minimum atomic E-state index is 0.357. The van der Waals surface area contributed by atoms with Crippen LogP contribution in [-0.2, 0) is 0 Å². The molecule has 94 valence electrons. The molecule has 0 spiro atoms. The largest absolute Gasteiger partial charge is 0.344 e. The van der Waals surface area contributed by atoms with Crippen LogP contribution in [-0.4, -0.2) is 10.6 Å². The Balaban J connectivity index is 1.98. The first-order valence-electron chi connectivity index (χ1n) is 6.47. The third kappa shape index (κ3) is 1.93. The lowest BCUT2D eigenvalue weighted by Crippen LogP contribution is -2.27. The molecule has 0 saturated heterocycles. The van der Waals surface area contributed by atoms with E-state index in [-0.39, 0.29) is 0 Å². The van der Waals surface area contributed by atoms with E-state index in [2.05, 4.69) is 22.0 Å². The van der Waals surface area contributed by atoms with Crippen molar-refractivity contribution >= 4 is 16.6 Å². The van der Waals surface area contributed by atoms with Gasteiger partial charge in [0.15, 0.2) is 0 Å². The summed E-state index contributed by atoms with van der Waals surface area (Å²) in [5, 5.41) is 4.18. The molecule has 0 atom stereocenters. The van der Waals surface area contributed by atoms with Crippen molar-refractivity contribution in [3.8, 4) is 0 Å². The average molecular weight is 243 g/mol. The second-order valence-electron chi connectivity index (χ2n) is 5.13. The van der Waals surface area contributed by atoms with E-state index in [9.17, 15) is 4.91 Å². The SMILES string of the molecule is N[C@H]1CC[C@@H](n2ccc3ccc(N=O)cc32)CC1. The Morgan fingerprint density at radius 3 is 2.67 bits per heavy atom. The summed E-state index contributed by atoms with van der Waals surface area (Å²) in [6.07, 6.45) is 6.50. The van der Waals surface area contributed by atoms with Gasteiger partial charge in [0.1, 0.15) is 5.69 Å². The fourth-order valence-corrected chi connectivity index (χ4v) is 2.89. The van der Waals surface area contributed by atoms with E-state index >= 15 is 0 Å². The van der Waals surface area contributed by atoms with Crippen molar-refractivity contribution in [3.63, 3.8) is 0 Å². The molecule has 1 aliphatic rings. The molecule has 1 heterocycles. The molecule has 0 radical (unpaired) electrons. The summed E-state index contributed by atoms with van der Waals surface area (Å²) in [5.41, 5.74) is 7.54. The van der Waals surface area contributed by atoms with Gasteiger partial charge in [-0.05, 0) is 54.4 Å². The zero-order valence-electron chi connectivity index (χ0n) is 10.2. The quantitative estimate of drug-likeness (QED) is 0.821. The number of hydrogen-bond donors (Lipinski definition) is 1. The summed E-state index contributed by atoms with van der Waals surface area (Å²) in [6, 6.07) is 8.54. The molecule has 2 N–H and O–H groups in total. The molecular weight excluding hydrogens is 226 g/mol. The highest BCUT2D eigenvalue weighted by Crippen LogP contribution is 2.32. The topological polar surface area (TPSA) is 60.4 Å². The van der Waals surface area contributed by atoms with Gasteiger partial charge < -0.3 is 10.3 Å². The number of nitrogens with two attached hydrogens (primary N) is 1. The van der Waals surface area contributed by atoms with E-state index in [1.807, 2.05) is 12.1 Å². The van der Waals surface area contributed by atoms with Crippen molar-refractivity contribution in [1.82, 2.24) is 4.57 Å². The molecule has 1 aromatic heterocycles. The Morgan fingerprint density at radius 2 is 1.94 bits per heavy atom. The first kappa shape index (κ1) is 11.4. The number of aromatic nitrogens is 1. The third-order valence-corrected chi connectivity index (χ3v) is 3.95. The molecule has 1 aromatic carbocycles. The predicted molar refractivity (Wildman–Crippen MR) is 72.9 cm³/mol. The van der Waals surface area contributed by atoms with E-state index in [4.69, 9.17) is 5.73 Å². The first-order chi connectivity index (χ1) is 8.78. The molecule has 0 bridgehead atoms. The van der Waals surface area contributed by atoms with E-state index in [1.54, 1.807) is 6.07 Å². The Morgan fingerprint density at radius 1 is 1.17 bits per heavy atom. The van der Waals surface area contributed by atoms with Gasteiger partial charge in [-0.3, -0.25) is 0 Å². The lowest BCUT2D eigenvalue weighted by Gasteiger charge is -2.28. The lowest BCUT2D eigenvalue weighted by atomic mass is 9.91. The number of nitroso groups, excluding NO2 is 1. The van der Waals surface area contributed by atoms with Gasteiger partial charge in [0, 0.05) is 18.3 Å². The standard InChI is InChI=1S/C14H17N3O/c15-11-2-5-13(6-3-11)17-8-7-10-1-4-12(16-18)9-14(10)17/h1,4,7-9,11,13H,2-3,5-6,15H2/t11-,13+. The highest BCUT2D eigenvalue weighted by atomic mass is 16.3. The molecule has 1 saturated carbocycles. The van der Waals surface area contributed by atoms with Gasteiger partial charge >= 0.3 is 0 Å². The summed E-state index contributed by atoms with van der Waals surface area (Å²) in [5.74, 6) is 0. The van der Waals surface area contributed by atoms with Crippen LogP contribution in [0.4, 0.5) is 5.69 Å². The average Bonchev–Trinajstić information content (AvgIpc) is 2.82. The molecule has 4 heteroatoms. The van der Waals surface area contributed by atoms with Crippen LogP contribution in [0, 0.1) is 4.91 Å². The molecule has 4 nitrogen and oxygen atoms in total. The summed E-state index contributed by atoms with van der Waals surface area (Å²) in [4.78, 5) is 10.6. The molecule has 3 rings (SSSR count). The van der Waals surface area contributed by atoms with Crippen LogP contribution in [0.5, 0.6) is 0 Å². The van der Waals surface area contributed by atoms with Gasteiger partial charge in [-0.15, -0.1) is 4.91 Å². The summed E-state index contributed by atoms with van der Waals surface area (Å²) >= 11 is 0. The summed E-state index contributed by atoms with van der Waals surface area (Å²) in [7, 11) is 0. The van der Waals surface area contributed by atoms with E-state index < -0.39 is 0 Å². The number of benzene rings is 1. The molecule has 0 unspecified atom stereocenters. The number of rotatable bonds is 2. The van der Waals surface area contributed by atoms with Gasteiger partial charge in [0.05, 0.1) is 5.52 Å². The summed E-state index contributed by atoms with van der Waals surface area (Å²) in [6.45, 7) is 0. The van der Waals surface area contributed by atoms with Gasteiger partial charge in [0.2, 0.25) is 0 Å². The molecule has 0 aliphatic heterocycles. The van der Waals surface area contributed by atoms with E-state index in [0.717, 1.165) is 36.6 Å². The maximum Gasteiger partial charge on any atom is 0.110 e. The molecule has 18 heavy (non-hydrogen) atoms. The Bertz CT molecular complexity index is 567. The van der Waals surface area contributed by atoms with Gasteiger partial charge in [-0.2, -0.15) is 0 Å². The van der Waals surface area contributed by atoms with Crippen molar-refractivity contribution in [2.24, 2.45) is 10.9 Å². The van der Waals surface area contributed by atoms with Crippen molar-refractivity contribution < 1.29 is 0 Å². The minimum absolute atomic E-state index is 0.357. The van der Waals surface area contributed by atoms with Crippen molar-refractivity contribution in [2.45, 2.75) is 37.8 Å². The third-order valence-electron chi connectivity index (χ3n) is 3.95. The molecule has 1 aliphatic carbocycles. The van der Waals surface area contributed by atoms with Crippen LogP contribution < -0.4 is 5.73 Å². The summed E-state index contributed by atoms with van der Waals surface area (Å²) < 4.78 is 2.27. The van der Waals surface area contributed by atoms with Crippen LogP contribution in [0.3, 0.4) is 0 Å². The Hall–Kier alpha value is -1.68. The monoisotopic (exact) mass is 243 g/mol. The highest BCUT2D eigenvalue weighted by molar-refractivity contribution is 5.83. The van der Waals surface area contributed by atoms with E-state index in [1.165, 1.54) is 0 Å². The molecule has 0 amide bonds. The van der Waals surface area contributed by atoms with Crippen molar-refractivity contribution in [1.29, 1.82) is 0 Å². The zero-order valence-corrected chi connectivity index (χ0v) is 10.2. The highest BCUT2D eigenvalue weighted by Gasteiger charge is 2.20. The number of nitrogens with zero attached hydrogens (tertiary/aromatic N) is 2. The van der Waals surface area contributed by atoms with Crippen LogP contribution in [0.2, 0.25) is 0 Å². The first-order valence-corrected chi connectivity index (χ1v) is 6.47. The van der Waals surface area contributed by atoms with E-state index in [0.29, 0.717) is 17.8 Å². The van der Waals surface area contributed by atoms with Gasteiger partial charge in [-0.25, -0.2) is 0 Å². The predicted octanol–water partition coefficient (Wildman–Crippen LogP) is 3.48. The van der Waals surface area contributed by atoms with Crippen LogP contribution >= 0.6 is 0 Å². The fraction of sp³-hybridized carbons (Fsp3) is 0.429. The number of hydrogen-bond acceptors (Lipinski definition) is 3. The second-order valence-corrected chi connectivity index (χ2v) is 5.13. The number of fused-ring (bicyclic) bond motifs is 1. The molecule has 2 aromatic rings. The zero-order chi connectivity index (χ0) is 12.5. The maximum absolute atomic E-state index is 10.6. The van der Waals surface area contributed by atoms with Crippen molar-refractivity contribution in [3.05, 3.63) is 35.4 Å². The van der Waals surface area contributed by atoms with Crippen LogP contribution in [0.25, 0.3) is 10.9 Å². The maximum atomic E-state index is 10.6. The molecular formula is C14H17N3O. The van der Waals surface area contributed by atoms with Crippen LogP contribution in [0.15, 0.2) is 35.6 Å². The normalized spacial score (nSPS) is 24.3. The van der Waals surface area contributed by atoms with Gasteiger partial charge in [0.25, 0.3) is 0 Å².